The molecule has 1 N–H and O–H groups in total. The van der Waals surface area contributed by atoms with Gasteiger partial charge in [0.1, 0.15) is 0 Å². The average molecular weight is 316 g/mol. The number of amides is 3. The van der Waals surface area contributed by atoms with E-state index in [-0.39, 0.29) is 11.9 Å². The van der Waals surface area contributed by atoms with Crippen LogP contribution in [0, 0.1) is 0 Å². The van der Waals surface area contributed by atoms with Crippen molar-refractivity contribution in [2.45, 2.75) is 38.1 Å². The molecule has 1 aliphatic carbocycles. The minimum absolute atomic E-state index is 0.00885. The number of hydrogen-bond donors (Lipinski definition) is 1. The largest absolute Gasteiger partial charge is 0.335 e. The van der Waals surface area contributed by atoms with Crippen LogP contribution in [0.1, 0.15) is 42.5 Å². The van der Waals surface area contributed by atoms with Crippen LogP contribution in [0.3, 0.4) is 0 Å². The summed E-state index contributed by atoms with van der Waals surface area (Å²) in [5, 5.41) is 3.14. The van der Waals surface area contributed by atoms with Gasteiger partial charge in [-0.2, -0.15) is 0 Å². The molecule has 6 heteroatoms. The van der Waals surface area contributed by atoms with Crippen molar-refractivity contribution >= 4 is 11.9 Å². The predicted molar refractivity (Wildman–Crippen MR) is 87.1 cm³/mol. The quantitative estimate of drug-likeness (QED) is 0.906. The summed E-state index contributed by atoms with van der Waals surface area (Å²) < 4.78 is 0. The molecule has 3 rings (SSSR count). The SMILES string of the molecule is O=C(NC1CCCCC1)N1CCN(C(=O)c2cccnc2)CC1. The first-order chi connectivity index (χ1) is 11.2. The fourth-order valence-electron chi connectivity index (χ4n) is 3.30. The number of aromatic nitrogens is 1. The second kappa shape index (κ2) is 7.44. The molecule has 1 aliphatic heterocycles. The molecule has 0 aromatic carbocycles. The maximum absolute atomic E-state index is 12.4. The summed E-state index contributed by atoms with van der Waals surface area (Å²) in [4.78, 5) is 32.3. The fourth-order valence-corrected chi connectivity index (χ4v) is 3.30. The van der Waals surface area contributed by atoms with Gasteiger partial charge in [-0.25, -0.2) is 4.79 Å². The van der Waals surface area contributed by atoms with E-state index in [1.54, 1.807) is 29.4 Å². The van der Waals surface area contributed by atoms with Gasteiger partial charge in [0.25, 0.3) is 5.91 Å². The van der Waals surface area contributed by atoms with Crippen LogP contribution >= 0.6 is 0 Å². The van der Waals surface area contributed by atoms with Gasteiger partial charge in [-0.05, 0) is 25.0 Å². The summed E-state index contributed by atoms with van der Waals surface area (Å²) in [6.45, 7) is 2.33. The molecule has 2 heterocycles. The molecule has 1 saturated carbocycles. The van der Waals surface area contributed by atoms with E-state index >= 15 is 0 Å². The van der Waals surface area contributed by atoms with Crippen molar-refractivity contribution in [1.82, 2.24) is 20.1 Å². The van der Waals surface area contributed by atoms with E-state index in [0.29, 0.717) is 37.8 Å². The van der Waals surface area contributed by atoms with E-state index in [4.69, 9.17) is 0 Å². The van der Waals surface area contributed by atoms with Gasteiger partial charge in [-0.3, -0.25) is 9.78 Å². The highest BCUT2D eigenvalue weighted by molar-refractivity contribution is 5.94. The van der Waals surface area contributed by atoms with Crippen molar-refractivity contribution in [1.29, 1.82) is 0 Å². The Hall–Kier alpha value is -2.11. The summed E-state index contributed by atoms with van der Waals surface area (Å²) >= 11 is 0. The molecule has 23 heavy (non-hydrogen) atoms. The Kier molecular flexibility index (Phi) is 5.10. The number of carbonyl (C=O) groups is 2. The first-order valence-corrected chi connectivity index (χ1v) is 8.49. The summed E-state index contributed by atoms with van der Waals surface area (Å²) in [5.41, 5.74) is 0.604. The van der Waals surface area contributed by atoms with Gasteiger partial charge < -0.3 is 15.1 Å². The topological polar surface area (TPSA) is 65.5 Å². The molecule has 124 valence electrons. The van der Waals surface area contributed by atoms with Crippen LogP contribution in [0.15, 0.2) is 24.5 Å². The van der Waals surface area contributed by atoms with Crippen molar-refractivity contribution in [3.8, 4) is 0 Å². The molecular weight excluding hydrogens is 292 g/mol. The number of urea groups is 1. The van der Waals surface area contributed by atoms with Gasteiger partial charge in [-0.1, -0.05) is 19.3 Å². The van der Waals surface area contributed by atoms with E-state index < -0.39 is 0 Å². The van der Waals surface area contributed by atoms with Gasteiger partial charge in [0, 0.05) is 44.6 Å². The molecule has 0 unspecified atom stereocenters. The highest BCUT2D eigenvalue weighted by Crippen LogP contribution is 2.18. The van der Waals surface area contributed by atoms with Crippen molar-refractivity contribution in [2.24, 2.45) is 0 Å². The molecule has 1 aromatic heterocycles. The standard InChI is InChI=1S/C17H24N4O2/c22-16(14-5-4-8-18-13-14)20-9-11-21(12-10-20)17(23)19-15-6-2-1-3-7-15/h4-5,8,13,15H,1-3,6-7,9-12H2,(H,19,23). The Morgan fingerprint density at radius 2 is 1.74 bits per heavy atom. The second-order valence-electron chi connectivity index (χ2n) is 6.31. The minimum atomic E-state index is -0.00885. The lowest BCUT2D eigenvalue weighted by Crippen LogP contribution is -2.54. The molecule has 3 amide bonds. The van der Waals surface area contributed by atoms with Crippen molar-refractivity contribution in [3.63, 3.8) is 0 Å². The van der Waals surface area contributed by atoms with Crippen molar-refractivity contribution in [3.05, 3.63) is 30.1 Å². The van der Waals surface area contributed by atoms with Gasteiger partial charge in [0.2, 0.25) is 0 Å². The first-order valence-electron chi connectivity index (χ1n) is 8.49. The number of hydrogen-bond acceptors (Lipinski definition) is 3. The Balaban J connectivity index is 1.48. The minimum Gasteiger partial charge on any atom is -0.335 e. The molecule has 0 bridgehead atoms. The van der Waals surface area contributed by atoms with Crippen molar-refractivity contribution in [2.75, 3.05) is 26.2 Å². The Morgan fingerprint density at radius 1 is 1.04 bits per heavy atom. The molecule has 1 aromatic rings. The first kappa shape index (κ1) is 15.8. The third kappa shape index (κ3) is 4.00. The van der Waals surface area contributed by atoms with Crippen molar-refractivity contribution < 1.29 is 9.59 Å². The van der Waals surface area contributed by atoms with Crippen LogP contribution in [0.5, 0.6) is 0 Å². The van der Waals surface area contributed by atoms with E-state index in [2.05, 4.69) is 10.3 Å². The number of piperazine rings is 1. The summed E-state index contributed by atoms with van der Waals surface area (Å²) in [6.07, 6.45) is 9.11. The van der Waals surface area contributed by atoms with Gasteiger partial charge in [0.05, 0.1) is 5.56 Å². The lowest BCUT2D eigenvalue weighted by molar-refractivity contribution is 0.0662. The number of nitrogens with zero attached hydrogens (tertiary/aromatic N) is 3. The van der Waals surface area contributed by atoms with Crippen LogP contribution in [-0.4, -0.2) is 58.9 Å². The lowest BCUT2D eigenvalue weighted by Gasteiger charge is -2.36. The highest BCUT2D eigenvalue weighted by Gasteiger charge is 2.26. The number of pyridine rings is 1. The van der Waals surface area contributed by atoms with Crippen LogP contribution in [0.2, 0.25) is 0 Å². The fraction of sp³-hybridized carbons (Fsp3) is 0.588. The normalized spacial score (nSPS) is 19.5. The maximum Gasteiger partial charge on any atom is 0.317 e. The average Bonchev–Trinajstić information content (AvgIpc) is 2.63. The van der Waals surface area contributed by atoms with E-state index in [0.717, 1.165) is 12.8 Å². The Bertz CT molecular complexity index is 535. The molecule has 2 aliphatic rings. The summed E-state index contributed by atoms with van der Waals surface area (Å²) in [5.74, 6) is -0.00885. The van der Waals surface area contributed by atoms with Gasteiger partial charge in [0.15, 0.2) is 0 Å². The molecule has 0 atom stereocenters. The van der Waals surface area contributed by atoms with Crippen LogP contribution < -0.4 is 5.32 Å². The molecule has 1 saturated heterocycles. The maximum atomic E-state index is 12.4. The number of carbonyl (C=O) groups excluding carboxylic acids is 2. The number of rotatable bonds is 2. The van der Waals surface area contributed by atoms with E-state index in [9.17, 15) is 9.59 Å². The Labute approximate surface area is 136 Å². The van der Waals surface area contributed by atoms with Crippen LogP contribution in [0.4, 0.5) is 4.79 Å². The number of nitrogens with one attached hydrogen (secondary N) is 1. The second-order valence-corrected chi connectivity index (χ2v) is 6.31. The zero-order valence-electron chi connectivity index (χ0n) is 13.4. The summed E-state index contributed by atoms with van der Waals surface area (Å²) in [7, 11) is 0. The Morgan fingerprint density at radius 3 is 2.39 bits per heavy atom. The van der Waals surface area contributed by atoms with E-state index in [1.165, 1.54) is 19.3 Å². The van der Waals surface area contributed by atoms with Crippen LogP contribution in [-0.2, 0) is 0 Å². The third-order valence-electron chi connectivity index (χ3n) is 4.70. The van der Waals surface area contributed by atoms with Gasteiger partial charge in [-0.15, -0.1) is 0 Å². The van der Waals surface area contributed by atoms with E-state index in [1.807, 2.05) is 4.90 Å². The van der Waals surface area contributed by atoms with Crippen LogP contribution in [0.25, 0.3) is 0 Å². The monoisotopic (exact) mass is 316 g/mol. The molecule has 0 radical (unpaired) electrons. The summed E-state index contributed by atoms with van der Waals surface area (Å²) in [6, 6.07) is 3.88. The zero-order valence-corrected chi connectivity index (χ0v) is 13.4. The predicted octanol–water partition coefficient (Wildman–Crippen LogP) is 1.88. The molecule has 2 fully saturated rings. The molecule has 0 spiro atoms. The smallest absolute Gasteiger partial charge is 0.317 e. The highest BCUT2D eigenvalue weighted by atomic mass is 16.2. The third-order valence-corrected chi connectivity index (χ3v) is 4.70. The molecule has 6 nitrogen and oxygen atoms in total. The van der Waals surface area contributed by atoms with Gasteiger partial charge >= 0.3 is 6.03 Å². The molecular formula is C17H24N4O2. The lowest BCUT2D eigenvalue weighted by atomic mass is 9.96. The zero-order chi connectivity index (χ0) is 16.1.